The summed E-state index contributed by atoms with van der Waals surface area (Å²) in [6.45, 7) is 9.96. The molecule has 1 atom stereocenters. The van der Waals surface area contributed by atoms with E-state index in [1.165, 1.54) is 6.08 Å². The van der Waals surface area contributed by atoms with Gasteiger partial charge in [0, 0.05) is 24.0 Å². The van der Waals surface area contributed by atoms with E-state index in [2.05, 4.69) is 39.5 Å². The zero-order valence-electron chi connectivity index (χ0n) is 14.7. The highest BCUT2D eigenvalue weighted by atomic mass is 16.5. The van der Waals surface area contributed by atoms with Gasteiger partial charge in [-0.3, -0.25) is 0 Å². The number of rotatable bonds is 5. The number of carbonyl (C=O) groups excluding carboxylic acids is 1. The second-order valence-electron chi connectivity index (χ2n) is 7.11. The molecule has 1 aliphatic carbocycles. The molecule has 0 saturated heterocycles. The van der Waals surface area contributed by atoms with E-state index >= 15 is 0 Å². The lowest BCUT2D eigenvalue weighted by Crippen LogP contribution is -2.14. The van der Waals surface area contributed by atoms with Gasteiger partial charge < -0.3 is 9.84 Å². The standard InChI is InChI=1S/C21H26O3/c1-5-19(22)24-12-11-15-13-17(16-9-7-6-8-10-16)20(23)18(14-15)21(2,3)4/h5-9,13-14,16,23H,1,10-12H2,2-4H3. The van der Waals surface area contributed by atoms with Gasteiger partial charge in [-0.05, 0) is 23.0 Å². The predicted molar refractivity (Wildman–Crippen MR) is 97.3 cm³/mol. The van der Waals surface area contributed by atoms with Crippen LogP contribution in [0, 0.1) is 0 Å². The van der Waals surface area contributed by atoms with Crippen LogP contribution in [-0.2, 0) is 21.4 Å². The highest BCUT2D eigenvalue weighted by Gasteiger charge is 2.24. The molecule has 0 amide bonds. The van der Waals surface area contributed by atoms with Crippen LogP contribution in [0.15, 0.2) is 49.1 Å². The highest BCUT2D eigenvalue weighted by Crippen LogP contribution is 2.40. The van der Waals surface area contributed by atoms with E-state index in [0.717, 1.165) is 23.1 Å². The number of ether oxygens (including phenoxy) is 1. The van der Waals surface area contributed by atoms with Gasteiger partial charge in [-0.1, -0.05) is 63.8 Å². The first-order valence-corrected chi connectivity index (χ1v) is 8.31. The number of benzene rings is 1. The summed E-state index contributed by atoms with van der Waals surface area (Å²) < 4.78 is 5.09. The second kappa shape index (κ2) is 7.52. The molecule has 0 spiro atoms. The molecule has 0 aromatic heterocycles. The fraction of sp³-hybridized carbons (Fsp3) is 0.381. The first kappa shape index (κ1) is 18.1. The molecule has 0 saturated carbocycles. The first-order chi connectivity index (χ1) is 11.3. The SMILES string of the molecule is C=CC(=O)OCCc1cc(C2C=CC=CC2)c(O)c(C(C)(C)C)c1. The van der Waals surface area contributed by atoms with E-state index in [1.807, 2.05) is 24.3 Å². The van der Waals surface area contributed by atoms with Crippen molar-refractivity contribution in [2.45, 2.75) is 44.9 Å². The molecule has 3 heteroatoms. The average Bonchev–Trinajstić information content (AvgIpc) is 2.55. The first-order valence-electron chi connectivity index (χ1n) is 8.31. The Labute approximate surface area is 144 Å². The maximum Gasteiger partial charge on any atom is 0.330 e. The fourth-order valence-corrected chi connectivity index (χ4v) is 2.86. The largest absolute Gasteiger partial charge is 0.507 e. The van der Waals surface area contributed by atoms with E-state index in [9.17, 15) is 9.90 Å². The Morgan fingerprint density at radius 3 is 2.71 bits per heavy atom. The summed E-state index contributed by atoms with van der Waals surface area (Å²) in [5, 5.41) is 10.8. The molecule has 1 aromatic rings. The number of hydrogen-bond donors (Lipinski definition) is 1. The van der Waals surface area contributed by atoms with Crippen molar-refractivity contribution in [3.8, 4) is 5.75 Å². The molecule has 1 aromatic carbocycles. The van der Waals surface area contributed by atoms with Crippen LogP contribution in [0.1, 0.15) is 49.8 Å². The van der Waals surface area contributed by atoms with Crippen molar-refractivity contribution >= 4 is 5.97 Å². The number of hydrogen-bond acceptors (Lipinski definition) is 3. The summed E-state index contributed by atoms with van der Waals surface area (Å²) in [5.41, 5.74) is 2.76. The molecule has 128 valence electrons. The van der Waals surface area contributed by atoms with Crippen LogP contribution < -0.4 is 0 Å². The van der Waals surface area contributed by atoms with Crippen LogP contribution in [0.4, 0.5) is 0 Å². The maximum atomic E-state index is 11.2. The predicted octanol–water partition coefficient (Wildman–Crippen LogP) is 4.56. The zero-order valence-corrected chi connectivity index (χ0v) is 14.7. The third-order valence-corrected chi connectivity index (χ3v) is 4.19. The highest BCUT2D eigenvalue weighted by molar-refractivity contribution is 5.81. The van der Waals surface area contributed by atoms with Crippen LogP contribution in [0.3, 0.4) is 0 Å². The fourth-order valence-electron chi connectivity index (χ4n) is 2.86. The lowest BCUT2D eigenvalue weighted by atomic mass is 9.80. The molecule has 0 fully saturated rings. The van der Waals surface area contributed by atoms with Crippen molar-refractivity contribution < 1.29 is 14.6 Å². The summed E-state index contributed by atoms with van der Waals surface area (Å²) in [7, 11) is 0. The summed E-state index contributed by atoms with van der Waals surface area (Å²) in [6, 6.07) is 4.05. The van der Waals surface area contributed by atoms with Crippen molar-refractivity contribution in [1.29, 1.82) is 0 Å². The lowest BCUT2D eigenvalue weighted by Gasteiger charge is -2.26. The van der Waals surface area contributed by atoms with Gasteiger partial charge in [-0.2, -0.15) is 0 Å². The average molecular weight is 326 g/mol. The Kier molecular flexibility index (Phi) is 5.66. The molecule has 3 nitrogen and oxygen atoms in total. The molecule has 0 aliphatic heterocycles. The molecule has 1 aliphatic rings. The summed E-state index contributed by atoms with van der Waals surface area (Å²) in [4.78, 5) is 11.2. The normalized spacial score (nSPS) is 16.9. The Balaban J connectivity index is 2.33. The molecule has 1 N–H and O–H groups in total. The van der Waals surface area contributed by atoms with Gasteiger partial charge in [-0.15, -0.1) is 0 Å². The summed E-state index contributed by atoms with van der Waals surface area (Å²) in [6.07, 6.45) is 10.9. The monoisotopic (exact) mass is 326 g/mol. The summed E-state index contributed by atoms with van der Waals surface area (Å²) >= 11 is 0. The number of aromatic hydroxyl groups is 1. The second-order valence-corrected chi connectivity index (χ2v) is 7.11. The Bertz CT molecular complexity index is 675. The maximum absolute atomic E-state index is 11.2. The van der Waals surface area contributed by atoms with Gasteiger partial charge in [0.2, 0.25) is 0 Å². The van der Waals surface area contributed by atoms with Crippen LogP contribution in [0.25, 0.3) is 0 Å². The van der Waals surface area contributed by atoms with Gasteiger partial charge in [0.25, 0.3) is 0 Å². The minimum absolute atomic E-state index is 0.166. The summed E-state index contributed by atoms with van der Waals surface area (Å²) in [5.74, 6) is 0.136. The van der Waals surface area contributed by atoms with Crippen molar-refractivity contribution in [3.63, 3.8) is 0 Å². The van der Waals surface area contributed by atoms with E-state index in [1.54, 1.807) is 0 Å². The molecule has 24 heavy (non-hydrogen) atoms. The number of carbonyl (C=O) groups is 1. The third kappa shape index (κ3) is 4.38. The van der Waals surface area contributed by atoms with Crippen molar-refractivity contribution in [3.05, 3.63) is 65.8 Å². The van der Waals surface area contributed by atoms with Crippen LogP contribution in [0.5, 0.6) is 5.75 Å². The van der Waals surface area contributed by atoms with Crippen molar-refractivity contribution in [2.24, 2.45) is 0 Å². The Hall–Kier alpha value is -2.29. The molecule has 0 radical (unpaired) electrons. The van der Waals surface area contributed by atoms with E-state index < -0.39 is 5.97 Å². The van der Waals surface area contributed by atoms with Gasteiger partial charge in [0.05, 0.1) is 6.61 Å². The smallest absolute Gasteiger partial charge is 0.330 e. The lowest BCUT2D eigenvalue weighted by molar-refractivity contribution is -0.137. The van der Waals surface area contributed by atoms with Gasteiger partial charge in [0.15, 0.2) is 0 Å². The molecule has 2 rings (SSSR count). The minimum Gasteiger partial charge on any atom is -0.507 e. The van der Waals surface area contributed by atoms with Crippen molar-refractivity contribution in [1.82, 2.24) is 0 Å². The number of esters is 1. The van der Waals surface area contributed by atoms with Gasteiger partial charge in [0.1, 0.15) is 5.75 Å². The number of allylic oxidation sites excluding steroid dienone is 4. The van der Waals surface area contributed by atoms with Gasteiger partial charge >= 0.3 is 5.97 Å². The Morgan fingerprint density at radius 1 is 1.38 bits per heavy atom. The molecule has 0 heterocycles. The molecular weight excluding hydrogens is 300 g/mol. The third-order valence-electron chi connectivity index (χ3n) is 4.19. The van der Waals surface area contributed by atoms with Crippen LogP contribution in [-0.4, -0.2) is 17.7 Å². The number of phenols is 1. The molecular formula is C21H26O3. The number of phenolic OH excluding ortho intramolecular Hbond substituents is 1. The molecule has 1 unspecified atom stereocenters. The topological polar surface area (TPSA) is 46.5 Å². The zero-order chi connectivity index (χ0) is 17.7. The molecule has 0 bridgehead atoms. The quantitative estimate of drug-likeness (QED) is 0.637. The van der Waals surface area contributed by atoms with Crippen molar-refractivity contribution in [2.75, 3.05) is 6.61 Å². The minimum atomic E-state index is -0.412. The van der Waals surface area contributed by atoms with Gasteiger partial charge in [-0.25, -0.2) is 4.79 Å². The van der Waals surface area contributed by atoms with Crippen LogP contribution in [0.2, 0.25) is 0 Å². The van der Waals surface area contributed by atoms with E-state index in [0.29, 0.717) is 18.8 Å². The van der Waals surface area contributed by atoms with E-state index in [-0.39, 0.29) is 11.3 Å². The Morgan fingerprint density at radius 2 is 2.12 bits per heavy atom. The van der Waals surface area contributed by atoms with E-state index in [4.69, 9.17) is 4.74 Å². The van der Waals surface area contributed by atoms with Crippen LogP contribution >= 0.6 is 0 Å².